The average molecular weight is 262 g/mol. The molecule has 0 saturated heterocycles. The summed E-state index contributed by atoms with van der Waals surface area (Å²) < 4.78 is 0. The first-order valence-corrected chi connectivity index (χ1v) is 7.16. The van der Waals surface area contributed by atoms with Gasteiger partial charge in [-0.2, -0.15) is 0 Å². The summed E-state index contributed by atoms with van der Waals surface area (Å²) in [7, 11) is 0. The molecule has 0 amide bonds. The maximum Gasteiger partial charge on any atom is 0.00965 e. The summed E-state index contributed by atoms with van der Waals surface area (Å²) in [6, 6.07) is 0.946. The van der Waals surface area contributed by atoms with Gasteiger partial charge in [0.05, 0.1) is 0 Å². The van der Waals surface area contributed by atoms with Gasteiger partial charge in [0.15, 0.2) is 0 Å². The Morgan fingerprint density at radius 1 is 1.21 bits per heavy atom. The zero-order chi connectivity index (χ0) is 10.4. The van der Waals surface area contributed by atoms with Gasteiger partial charge in [-0.1, -0.05) is 36.2 Å². The highest BCUT2D eigenvalue weighted by Crippen LogP contribution is 2.27. The van der Waals surface area contributed by atoms with Crippen molar-refractivity contribution in [3.8, 4) is 0 Å². The lowest BCUT2D eigenvalue weighted by Crippen LogP contribution is -2.30. The van der Waals surface area contributed by atoms with Gasteiger partial charge in [0.25, 0.3) is 0 Å². The molecule has 1 saturated carbocycles. The molecule has 1 fully saturated rings. The number of halogens is 1. The van der Waals surface area contributed by atoms with Gasteiger partial charge in [0.1, 0.15) is 0 Å². The van der Waals surface area contributed by atoms with E-state index in [1.807, 2.05) is 0 Å². The summed E-state index contributed by atoms with van der Waals surface area (Å²) in [6.07, 6.45) is 7.00. The first kappa shape index (κ1) is 12.5. The molecule has 0 aromatic heterocycles. The lowest BCUT2D eigenvalue weighted by molar-refractivity contribution is 0.230. The van der Waals surface area contributed by atoms with E-state index in [0.29, 0.717) is 0 Å². The molecule has 84 valence electrons. The van der Waals surface area contributed by atoms with E-state index in [1.54, 1.807) is 0 Å². The van der Waals surface area contributed by atoms with Gasteiger partial charge < -0.3 is 4.90 Å². The third-order valence-corrected chi connectivity index (χ3v) is 3.30. The van der Waals surface area contributed by atoms with Crippen LogP contribution in [0.25, 0.3) is 0 Å². The highest BCUT2D eigenvalue weighted by Gasteiger charge is 2.28. The van der Waals surface area contributed by atoms with Gasteiger partial charge in [0.2, 0.25) is 0 Å². The van der Waals surface area contributed by atoms with Gasteiger partial charge in [-0.3, -0.25) is 0 Å². The molecule has 0 atom stereocenters. The lowest BCUT2D eigenvalue weighted by atomic mass is 10.2. The van der Waals surface area contributed by atoms with E-state index in [-0.39, 0.29) is 0 Å². The number of hydrogen-bond donors (Lipinski definition) is 0. The van der Waals surface area contributed by atoms with E-state index in [2.05, 4.69) is 34.7 Å². The summed E-state index contributed by atoms with van der Waals surface area (Å²) in [5.41, 5.74) is 0. The molecular weight excluding hydrogens is 238 g/mol. The minimum absolute atomic E-state index is 0.826. The topological polar surface area (TPSA) is 3.24 Å². The number of rotatable bonds is 8. The molecule has 0 heterocycles. The predicted octanol–water partition coefficient (Wildman–Crippen LogP) is 3.67. The normalized spacial score (nSPS) is 16.9. The Balaban J connectivity index is 2.09. The third kappa shape index (κ3) is 5.35. The van der Waals surface area contributed by atoms with Crippen molar-refractivity contribution in [2.75, 3.05) is 18.4 Å². The summed E-state index contributed by atoms with van der Waals surface area (Å²) in [5, 5.41) is 1.17. The van der Waals surface area contributed by atoms with Gasteiger partial charge in [0, 0.05) is 17.9 Å². The highest BCUT2D eigenvalue weighted by atomic mass is 79.9. The van der Waals surface area contributed by atoms with Crippen LogP contribution in [0.1, 0.15) is 46.0 Å². The summed E-state index contributed by atoms with van der Waals surface area (Å²) >= 11 is 3.48. The molecule has 1 aliphatic rings. The molecule has 0 aliphatic heterocycles. The zero-order valence-corrected chi connectivity index (χ0v) is 11.2. The molecule has 14 heavy (non-hydrogen) atoms. The van der Waals surface area contributed by atoms with Crippen LogP contribution in [0.2, 0.25) is 0 Å². The fourth-order valence-corrected chi connectivity index (χ4v) is 2.31. The van der Waals surface area contributed by atoms with Crippen molar-refractivity contribution in [3.05, 3.63) is 0 Å². The molecule has 0 unspecified atom stereocenters. The van der Waals surface area contributed by atoms with E-state index in [9.17, 15) is 0 Å². The second-order valence-corrected chi connectivity index (χ2v) is 5.66. The van der Waals surface area contributed by atoms with Gasteiger partial charge in [-0.15, -0.1) is 0 Å². The van der Waals surface area contributed by atoms with Crippen LogP contribution in [0.3, 0.4) is 0 Å². The van der Waals surface area contributed by atoms with Crippen molar-refractivity contribution in [2.24, 2.45) is 5.92 Å². The van der Waals surface area contributed by atoms with Crippen LogP contribution in [-0.4, -0.2) is 29.4 Å². The summed E-state index contributed by atoms with van der Waals surface area (Å²) in [6.45, 7) is 7.29. The number of alkyl halides is 1. The molecule has 2 heteroatoms. The monoisotopic (exact) mass is 261 g/mol. The van der Waals surface area contributed by atoms with Crippen LogP contribution in [-0.2, 0) is 0 Å². The Kier molecular flexibility index (Phi) is 6.11. The second kappa shape index (κ2) is 6.84. The molecule has 0 aromatic carbocycles. The Morgan fingerprint density at radius 2 is 1.93 bits per heavy atom. The average Bonchev–Trinajstić information content (AvgIpc) is 2.92. The second-order valence-electron chi connectivity index (χ2n) is 4.87. The van der Waals surface area contributed by atoms with Gasteiger partial charge >= 0.3 is 0 Å². The van der Waals surface area contributed by atoms with Crippen LogP contribution < -0.4 is 0 Å². The fraction of sp³-hybridized carbons (Fsp3) is 1.00. The minimum Gasteiger partial charge on any atom is -0.300 e. The lowest BCUT2D eigenvalue weighted by Gasteiger charge is -2.23. The van der Waals surface area contributed by atoms with E-state index in [1.165, 1.54) is 50.5 Å². The van der Waals surface area contributed by atoms with Crippen molar-refractivity contribution in [1.29, 1.82) is 0 Å². The van der Waals surface area contributed by atoms with Crippen LogP contribution in [0.5, 0.6) is 0 Å². The van der Waals surface area contributed by atoms with E-state index in [0.717, 1.165) is 12.0 Å². The molecule has 0 spiro atoms. The first-order chi connectivity index (χ1) is 6.74. The van der Waals surface area contributed by atoms with Crippen molar-refractivity contribution in [2.45, 2.75) is 52.0 Å². The number of hydrogen-bond acceptors (Lipinski definition) is 1. The van der Waals surface area contributed by atoms with Crippen LogP contribution in [0.15, 0.2) is 0 Å². The number of unbranched alkanes of at least 4 members (excludes halogenated alkanes) is 2. The smallest absolute Gasteiger partial charge is 0.00965 e. The zero-order valence-electron chi connectivity index (χ0n) is 9.64. The Labute approximate surface area is 97.4 Å². The van der Waals surface area contributed by atoms with Crippen molar-refractivity contribution < 1.29 is 0 Å². The van der Waals surface area contributed by atoms with E-state index < -0.39 is 0 Å². The number of nitrogens with zero attached hydrogens (tertiary/aromatic N) is 1. The maximum atomic E-state index is 3.48. The molecule has 1 rings (SSSR count). The van der Waals surface area contributed by atoms with Crippen molar-refractivity contribution >= 4 is 15.9 Å². The maximum absolute atomic E-state index is 3.48. The standard InChI is InChI=1S/C12H24BrN/c1-11(2)10-14(12-6-7-12)9-5-3-4-8-13/h11-12H,3-10H2,1-2H3. The molecule has 0 N–H and O–H groups in total. The Morgan fingerprint density at radius 3 is 2.43 bits per heavy atom. The molecule has 1 nitrogen and oxygen atoms in total. The fourth-order valence-electron chi connectivity index (χ4n) is 1.92. The first-order valence-electron chi connectivity index (χ1n) is 6.04. The third-order valence-electron chi connectivity index (χ3n) is 2.74. The Hall–Kier alpha value is 0.440. The molecule has 0 bridgehead atoms. The molecular formula is C12H24BrN. The van der Waals surface area contributed by atoms with Crippen molar-refractivity contribution in [3.63, 3.8) is 0 Å². The van der Waals surface area contributed by atoms with Gasteiger partial charge in [-0.05, 0) is 38.1 Å². The summed E-state index contributed by atoms with van der Waals surface area (Å²) in [5.74, 6) is 0.826. The highest BCUT2D eigenvalue weighted by molar-refractivity contribution is 9.09. The van der Waals surface area contributed by atoms with E-state index in [4.69, 9.17) is 0 Å². The molecule has 1 aliphatic carbocycles. The SMILES string of the molecule is CC(C)CN(CCCCCBr)C1CC1. The quantitative estimate of drug-likeness (QED) is 0.476. The molecule has 0 aromatic rings. The van der Waals surface area contributed by atoms with Crippen LogP contribution in [0.4, 0.5) is 0 Å². The largest absolute Gasteiger partial charge is 0.300 e. The predicted molar refractivity (Wildman–Crippen MR) is 67.1 cm³/mol. The van der Waals surface area contributed by atoms with E-state index >= 15 is 0 Å². The van der Waals surface area contributed by atoms with Crippen LogP contribution >= 0.6 is 15.9 Å². The van der Waals surface area contributed by atoms with Crippen LogP contribution in [0, 0.1) is 5.92 Å². The Bertz CT molecular complexity index is 143. The summed E-state index contributed by atoms with van der Waals surface area (Å²) in [4.78, 5) is 2.71. The van der Waals surface area contributed by atoms with Gasteiger partial charge in [-0.25, -0.2) is 0 Å². The van der Waals surface area contributed by atoms with Crippen molar-refractivity contribution in [1.82, 2.24) is 4.90 Å². The minimum atomic E-state index is 0.826. The molecule has 0 radical (unpaired) electrons.